The van der Waals surface area contributed by atoms with Crippen molar-refractivity contribution in [2.45, 2.75) is 38.7 Å². The highest BCUT2D eigenvalue weighted by Gasteiger charge is 2.19. The smallest absolute Gasteiger partial charge is 0.259 e. The van der Waals surface area contributed by atoms with Crippen molar-refractivity contribution in [1.82, 2.24) is 15.1 Å². The van der Waals surface area contributed by atoms with Gasteiger partial charge in [0.2, 0.25) is 0 Å². The first-order valence-corrected chi connectivity index (χ1v) is 7.48. The van der Waals surface area contributed by atoms with Gasteiger partial charge in [-0.3, -0.25) is 0 Å². The lowest BCUT2D eigenvalue weighted by atomic mass is 10.1. The van der Waals surface area contributed by atoms with Gasteiger partial charge in [0.25, 0.3) is 5.89 Å². The molecule has 0 saturated carbocycles. The van der Waals surface area contributed by atoms with Gasteiger partial charge in [0, 0.05) is 25.7 Å². The Labute approximate surface area is 123 Å². The summed E-state index contributed by atoms with van der Waals surface area (Å²) in [6.07, 6.45) is 5.17. The van der Waals surface area contributed by atoms with Crippen LogP contribution in [-0.2, 0) is 6.42 Å². The lowest BCUT2D eigenvalue weighted by molar-refractivity contribution is 0.154. The second-order valence-corrected chi connectivity index (χ2v) is 5.41. The van der Waals surface area contributed by atoms with E-state index in [0.717, 1.165) is 49.4 Å². The standard InChI is InChI=1S/C15H20N4O2/c1-2-4-13-17-15(21-18-13)11-6-7-14(16-9-11)19-8-3-5-12(20)10-19/h6-7,9,12,20H,2-5,8,10H2,1H3. The fourth-order valence-electron chi connectivity index (χ4n) is 2.56. The zero-order valence-corrected chi connectivity index (χ0v) is 12.2. The van der Waals surface area contributed by atoms with Crippen LogP contribution in [0.25, 0.3) is 11.5 Å². The number of piperidine rings is 1. The van der Waals surface area contributed by atoms with Crippen LogP contribution in [0.1, 0.15) is 32.0 Å². The Morgan fingerprint density at radius 3 is 3.05 bits per heavy atom. The molecule has 1 aliphatic rings. The Hall–Kier alpha value is -1.95. The molecule has 1 saturated heterocycles. The minimum atomic E-state index is -0.257. The van der Waals surface area contributed by atoms with E-state index in [0.29, 0.717) is 12.4 Å². The van der Waals surface area contributed by atoms with Crippen LogP contribution in [0.5, 0.6) is 0 Å². The largest absolute Gasteiger partial charge is 0.391 e. The zero-order valence-electron chi connectivity index (χ0n) is 12.2. The molecule has 0 bridgehead atoms. The normalized spacial score (nSPS) is 19.0. The molecule has 1 aliphatic heterocycles. The average Bonchev–Trinajstić information content (AvgIpc) is 2.97. The summed E-state index contributed by atoms with van der Waals surface area (Å²) in [6.45, 7) is 3.66. The van der Waals surface area contributed by atoms with E-state index in [1.807, 2.05) is 12.1 Å². The van der Waals surface area contributed by atoms with Gasteiger partial charge in [0.15, 0.2) is 5.82 Å². The number of aryl methyl sites for hydroxylation is 1. The van der Waals surface area contributed by atoms with Gasteiger partial charge in [0.1, 0.15) is 5.82 Å². The van der Waals surface area contributed by atoms with E-state index in [4.69, 9.17) is 4.52 Å². The average molecular weight is 288 g/mol. The Morgan fingerprint density at radius 2 is 2.33 bits per heavy atom. The molecule has 1 unspecified atom stereocenters. The third-order valence-electron chi connectivity index (χ3n) is 3.66. The number of β-amino-alcohol motifs (C(OH)–C–C–N with tert-alkyl or cyclic N) is 1. The van der Waals surface area contributed by atoms with Crippen molar-refractivity contribution in [3.05, 3.63) is 24.2 Å². The molecule has 0 spiro atoms. The van der Waals surface area contributed by atoms with E-state index < -0.39 is 0 Å². The third kappa shape index (κ3) is 3.21. The molecule has 0 aromatic carbocycles. The molecule has 112 valence electrons. The Kier molecular flexibility index (Phi) is 4.15. The fraction of sp³-hybridized carbons (Fsp3) is 0.533. The topological polar surface area (TPSA) is 75.3 Å². The van der Waals surface area contributed by atoms with Gasteiger partial charge < -0.3 is 14.5 Å². The van der Waals surface area contributed by atoms with Gasteiger partial charge in [-0.2, -0.15) is 4.98 Å². The zero-order chi connectivity index (χ0) is 14.7. The summed E-state index contributed by atoms with van der Waals surface area (Å²) < 4.78 is 5.25. The first kappa shape index (κ1) is 14.0. The molecule has 21 heavy (non-hydrogen) atoms. The molecule has 1 fully saturated rings. The lowest BCUT2D eigenvalue weighted by Gasteiger charge is -2.30. The minimum absolute atomic E-state index is 0.257. The molecular formula is C15H20N4O2. The van der Waals surface area contributed by atoms with Crippen molar-refractivity contribution in [3.63, 3.8) is 0 Å². The van der Waals surface area contributed by atoms with Crippen LogP contribution in [0.2, 0.25) is 0 Å². The number of anilines is 1. The number of aliphatic hydroxyl groups is 1. The lowest BCUT2D eigenvalue weighted by Crippen LogP contribution is -2.38. The minimum Gasteiger partial charge on any atom is -0.391 e. The number of nitrogens with zero attached hydrogens (tertiary/aromatic N) is 4. The molecule has 0 amide bonds. The quantitative estimate of drug-likeness (QED) is 0.928. The van der Waals surface area contributed by atoms with Crippen molar-refractivity contribution in [1.29, 1.82) is 0 Å². The summed E-state index contributed by atoms with van der Waals surface area (Å²) in [5.41, 5.74) is 0.825. The molecule has 2 aromatic heterocycles. The predicted octanol–water partition coefficient (Wildman–Crippen LogP) is 2.05. The van der Waals surface area contributed by atoms with E-state index >= 15 is 0 Å². The summed E-state index contributed by atoms with van der Waals surface area (Å²) in [7, 11) is 0. The monoisotopic (exact) mass is 288 g/mol. The molecule has 6 nitrogen and oxygen atoms in total. The first-order valence-electron chi connectivity index (χ1n) is 7.48. The summed E-state index contributed by atoms with van der Waals surface area (Å²) in [5.74, 6) is 2.12. The van der Waals surface area contributed by atoms with Crippen molar-refractivity contribution in [2.24, 2.45) is 0 Å². The maximum atomic E-state index is 9.72. The van der Waals surface area contributed by atoms with Crippen molar-refractivity contribution in [3.8, 4) is 11.5 Å². The number of hydrogen-bond donors (Lipinski definition) is 1. The second kappa shape index (κ2) is 6.22. The molecule has 6 heteroatoms. The maximum absolute atomic E-state index is 9.72. The van der Waals surface area contributed by atoms with Gasteiger partial charge in [-0.05, 0) is 31.4 Å². The van der Waals surface area contributed by atoms with Gasteiger partial charge in [-0.15, -0.1) is 0 Å². The molecule has 0 radical (unpaired) electrons. The highest BCUT2D eigenvalue weighted by atomic mass is 16.5. The predicted molar refractivity (Wildman–Crippen MR) is 79.0 cm³/mol. The van der Waals surface area contributed by atoms with Crippen LogP contribution < -0.4 is 4.90 Å². The highest BCUT2D eigenvalue weighted by molar-refractivity contribution is 5.54. The summed E-state index contributed by atoms with van der Waals surface area (Å²) in [6, 6.07) is 3.88. The van der Waals surface area contributed by atoms with Crippen molar-refractivity contribution >= 4 is 5.82 Å². The van der Waals surface area contributed by atoms with Crippen molar-refractivity contribution in [2.75, 3.05) is 18.0 Å². The Balaban J connectivity index is 1.73. The Morgan fingerprint density at radius 1 is 1.43 bits per heavy atom. The number of aromatic nitrogens is 3. The molecule has 3 rings (SSSR count). The fourth-order valence-corrected chi connectivity index (χ4v) is 2.56. The van der Waals surface area contributed by atoms with Gasteiger partial charge in [0.05, 0.1) is 11.7 Å². The van der Waals surface area contributed by atoms with Crippen LogP contribution in [0, 0.1) is 0 Å². The molecular weight excluding hydrogens is 268 g/mol. The van der Waals surface area contributed by atoms with E-state index in [2.05, 4.69) is 26.9 Å². The number of pyridine rings is 1. The molecule has 1 N–H and O–H groups in total. The van der Waals surface area contributed by atoms with Crippen LogP contribution in [-0.4, -0.2) is 39.4 Å². The number of rotatable bonds is 4. The summed E-state index contributed by atoms with van der Waals surface area (Å²) in [4.78, 5) is 10.9. The van der Waals surface area contributed by atoms with Crippen molar-refractivity contribution < 1.29 is 9.63 Å². The van der Waals surface area contributed by atoms with E-state index in [9.17, 15) is 5.11 Å². The highest BCUT2D eigenvalue weighted by Crippen LogP contribution is 2.22. The summed E-state index contributed by atoms with van der Waals surface area (Å²) in [5, 5.41) is 13.7. The summed E-state index contributed by atoms with van der Waals surface area (Å²) >= 11 is 0. The van der Waals surface area contributed by atoms with Gasteiger partial charge >= 0.3 is 0 Å². The molecule has 1 atom stereocenters. The van der Waals surface area contributed by atoms with Gasteiger partial charge in [-0.25, -0.2) is 4.98 Å². The second-order valence-electron chi connectivity index (χ2n) is 5.41. The molecule has 3 heterocycles. The van der Waals surface area contributed by atoms with Gasteiger partial charge in [-0.1, -0.05) is 12.1 Å². The number of hydrogen-bond acceptors (Lipinski definition) is 6. The molecule has 0 aliphatic carbocycles. The SMILES string of the molecule is CCCc1noc(-c2ccc(N3CCCC(O)C3)nc2)n1. The van der Waals surface area contributed by atoms with Crippen LogP contribution >= 0.6 is 0 Å². The van der Waals surface area contributed by atoms with E-state index in [1.54, 1.807) is 6.20 Å². The van der Waals surface area contributed by atoms with Crippen LogP contribution in [0.3, 0.4) is 0 Å². The molecule has 2 aromatic rings. The van der Waals surface area contributed by atoms with E-state index in [1.165, 1.54) is 0 Å². The Bertz CT molecular complexity index is 582. The third-order valence-corrected chi connectivity index (χ3v) is 3.66. The number of aliphatic hydroxyl groups excluding tert-OH is 1. The van der Waals surface area contributed by atoms with Crippen LogP contribution in [0.15, 0.2) is 22.9 Å². The van der Waals surface area contributed by atoms with E-state index in [-0.39, 0.29) is 6.10 Å². The first-order chi connectivity index (χ1) is 10.3. The maximum Gasteiger partial charge on any atom is 0.259 e. The van der Waals surface area contributed by atoms with Crippen LogP contribution in [0.4, 0.5) is 5.82 Å².